The summed E-state index contributed by atoms with van der Waals surface area (Å²) in [6.07, 6.45) is 6.44. The van der Waals surface area contributed by atoms with Crippen LogP contribution in [0.15, 0.2) is 12.1 Å². The second-order valence-electron chi connectivity index (χ2n) is 6.37. The van der Waals surface area contributed by atoms with Gasteiger partial charge in [0.2, 0.25) is 5.82 Å². The van der Waals surface area contributed by atoms with Crippen molar-refractivity contribution in [2.45, 2.75) is 32.1 Å². The summed E-state index contributed by atoms with van der Waals surface area (Å²) >= 11 is 0. The zero-order valence-corrected chi connectivity index (χ0v) is 12.5. The van der Waals surface area contributed by atoms with Gasteiger partial charge in [-0.15, -0.1) is 10.2 Å². The number of hydrogen-bond donors (Lipinski definition) is 2. The Morgan fingerprint density at radius 3 is 2.86 bits per heavy atom. The second-order valence-corrected chi connectivity index (χ2v) is 6.37. The number of carbonyl (C=O) groups excluding carboxylic acids is 1. The van der Waals surface area contributed by atoms with E-state index in [9.17, 15) is 4.79 Å². The lowest BCUT2D eigenvalue weighted by molar-refractivity contribution is 0.0516. The molecule has 0 radical (unpaired) electrons. The van der Waals surface area contributed by atoms with Crippen molar-refractivity contribution in [3.8, 4) is 11.5 Å². The summed E-state index contributed by atoms with van der Waals surface area (Å²) in [6, 6.07) is 3.63. The monoisotopic (exact) mass is 300 g/mol. The normalized spacial score (nSPS) is 25.0. The average molecular weight is 300 g/mol. The van der Waals surface area contributed by atoms with Gasteiger partial charge in [0, 0.05) is 13.1 Å². The molecule has 3 heterocycles. The summed E-state index contributed by atoms with van der Waals surface area (Å²) < 4.78 is 0. The van der Waals surface area contributed by atoms with E-state index in [4.69, 9.17) is 0 Å². The number of hydrogen-bond acceptors (Lipinski definition) is 4. The Morgan fingerprint density at radius 2 is 2.05 bits per heavy atom. The highest BCUT2D eigenvalue weighted by Crippen LogP contribution is 2.36. The molecule has 2 aromatic heterocycles. The van der Waals surface area contributed by atoms with E-state index in [1.54, 1.807) is 6.07 Å². The summed E-state index contributed by atoms with van der Waals surface area (Å²) in [7, 11) is 0. The van der Waals surface area contributed by atoms with Crippen molar-refractivity contribution in [1.82, 2.24) is 30.5 Å². The smallest absolute Gasteiger partial charge is 0.270 e. The fourth-order valence-electron chi connectivity index (χ4n) is 3.88. The lowest BCUT2D eigenvalue weighted by atomic mass is 9.75. The van der Waals surface area contributed by atoms with Crippen molar-refractivity contribution >= 4 is 5.91 Å². The minimum Gasteiger partial charge on any atom is -0.348 e. The fraction of sp³-hybridized carbons (Fsp3) is 0.600. The van der Waals surface area contributed by atoms with E-state index in [0.29, 0.717) is 23.1 Å². The minimum absolute atomic E-state index is 0.0822. The molecule has 7 heteroatoms. The molecular formula is C15H20N6O. The van der Waals surface area contributed by atoms with Crippen LogP contribution in [0.25, 0.3) is 11.5 Å². The highest BCUT2D eigenvalue weighted by Gasteiger charge is 2.33. The lowest BCUT2D eigenvalue weighted by Gasteiger charge is -2.41. The van der Waals surface area contributed by atoms with Crippen LogP contribution in [-0.4, -0.2) is 49.5 Å². The molecule has 22 heavy (non-hydrogen) atoms. The Balaban J connectivity index is 1.48. The van der Waals surface area contributed by atoms with Gasteiger partial charge in [-0.2, -0.15) is 5.21 Å². The van der Waals surface area contributed by atoms with Crippen LogP contribution >= 0.6 is 0 Å². The first-order chi connectivity index (χ1) is 10.8. The van der Waals surface area contributed by atoms with E-state index in [1.165, 1.54) is 25.7 Å². The molecule has 1 saturated heterocycles. The Kier molecular flexibility index (Phi) is 3.40. The third-order valence-corrected chi connectivity index (χ3v) is 5.08. The van der Waals surface area contributed by atoms with E-state index >= 15 is 0 Å². The van der Waals surface area contributed by atoms with Crippen molar-refractivity contribution in [3.05, 3.63) is 17.8 Å². The van der Waals surface area contributed by atoms with E-state index in [1.807, 2.05) is 11.0 Å². The zero-order chi connectivity index (χ0) is 14.9. The number of rotatable bonds is 2. The maximum Gasteiger partial charge on any atom is 0.270 e. The Hall–Kier alpha value is -2.18. The van der Waals surface area contributed by atoms with Gasteiger partial charge in [0.25, 0.3) is 5.91 Å². The van der Waals surface area contributed by atoms with E-state index in [-0.39, 0.29) is 5.91 Å². The van der Waals surface area contributed by atoms with Crippen LogP contribution in [0.3, 0.4) is 0 Å². The molecule has 116 valence electrons. The molecule has 0 spiro atoms. The van der Waals surface area contributed by atoms with Crippen LogP contribution in [0.1, 0.15) is 42.6 Å². The summed E-state index contributed by atoms with van der Waals surface area (Å²) in [6.45, 7) is 1.77. The molecule has 1 aliphatic carbocycles. The predicted octanol–water partition coefficient (Wildman–Crippen LogP) is 1.85. The summed E-state index contributed by atoms with van der Waals surface area (Å²) in [5.41, 5.74) is 1.32. The molecule has 1 amide bonds. The quantitative estimate of drug-likeness (QED) is 0.885. The van der Waals surface area contributed by atoms with Gasteiger partial charge in [-0.25, -0.2) is 0 Å². The molecule has 4 rings (SSSR count). The van der Waals surface area contributed by atoms with Crippen LogP contribution in [-0.2, 0) is 0 Å². The standard InChI is InChI=1S/C15H20N6O/c22-15(13-6-5-12(16-13)14-17-19-20-18-14)21-8-7-10-3-1-2-4-11(10)9-21/h5-6,10-11,16H,1-4,7-9H2,(H,17,18,19,20)/t10-,11+/m0/s1. The summed E-state index contributed by atoms with van der Waals surface area (Å²) in [5.74, 6) is 2.08. The van der Waals surface area contributed by atoms with Crippen molar-refractivity contribution in [1.29, 1.82) is 0 Å². The van der Waals surface area contributed by atoms with Crippen LogP contribution in [0.5, 0.6) is 0 Å². The third kappa shape index (κ3) is 2.40. The second kappa shape index (κ2) is 5.55. The van der Waals surface area contributed by atoms with Crippen LogP contribution in [0.2, 0.25) is 0 Å². The summed E-state index contributed by atoms with van der Waals surface area (Å²) in [5, 5.41) is 13.8. The number of tetrazole rings is 1. The fourth-order valence-corrected chi connectivity index (χ4v) is 3.88. The van der Waals surface area contributed by atoms with Crippen molar-refractivity contribution < 1.29 is 4.79 Å². The zero-order valence-electron chi connectivity index (χ0n) is 12.5. The molecule has 2 aliphatic rings. The molecule has 0 aromatic carbocycles. The molecular weight excluding hydrogens is 280 g/mol. The number of likely N-dealkylation sites (tertiary alicyclic amines) is 1. The van der Waals surface area contributed by atoms with Crippen molar-refractivity contribution in [3.63, 3.8) is 0 Å². The Bertz CT molecular complexity index is 649. The number of aromatic amines is 2. The first-order valence-corrected chi connectivity index (χ1v) is 8.03. The van der Waals surface area contributed by atoms with Crippen molar-refractivity contribution in [2.24, 2.45) is 11.8 Å². The van der Waals surface area contributed by atoms with Gasteiger partial charge in [-0.1, -0.05) is 19.3 Å². The van der Waals surface area contributed by atoms with Crippen LogP contribution < -0.4 is 0 Å². The van der Waals surface area contributed by atoms with E-state index in [0.717, 1.165) is 25.4 Å². The Labute approximate surface area is 128 Å². The van der Waals surface area contributed by atoms with E-state index < -0.39 is 0 Å². The van der Waals surface area contributed by atoms with Gasteiger partial charge in [-0.3, -0.25) is 4.79 Å². The maximum absolute atomic E-state index is 12.7. The SMILES string of the molecule is O=C(c1ccc(-c2nn[nH]n2)[nH]1)N1CC[C@@H]2CCCC[C@@H]2C1. The molecule has 0 bridgehead atoms. The summed E-state index contributed by atoms with van der Waals surface area (Å²) in [4.78, 5) is 17.8. The number of nitrogens with zero attached hydrogens (tertiary/aromatic N) is 4. The van der Waals surface area contributed by atoms with Gasteiger partial charge >= 0.3 is 0 Å². The third-order valence-electron chi connectivity index (χ3n) is 5.08. The molecule has 1 saturated carbocycles. The average Bonchev–Trinajstić information content (AvgIpc) is 3.24. The van der Waals surface area contributed by atoms with Gasteiger partial charge in [0.15, 0.2) is 0 Å². The highest BCUT2D eigenvalue weighted by molar-refractivity contribution is 5.93. The number of H-pyrrole nitrogens is 2. The molecule has 2 N–H and O–H groups in total. The molecule has 1 aliphatic heterocycles. The lowest BCUT2D eigenvalue weighted by Crippen LogP contribution is -2.44. The van der Waals surface area contributed by atoms with Crippen LogP contribution in [0.4, 0.5) is 0 Å². The van der Waals surface area contributed by atoms with Gasteiger partial charge < -0.3 is 9.88 Å². The van der Waals surface area contributed by atoms with E-state index in [2.05, 4.69) is 25.6 Å². The molecule has 0 unspecified atom stereocenters. The molecule has 2 aromatic rings. The first kappa shape index (κ1) is 13.5. The largest absolute Gasteiger partial charge is 0.348 e. The number of nitrogens with one attached hydrogen (secondary N) is 2. The molecule has 7 nitrogen and oxygen atoms in total. The van der Waals surface area contributed by atoms with Gasteiger partial charge in [-0.05, 0) is 42.0 Å². The molecule has 2 fully saturated rings. The van der Waals surface area contributed by atoms with Gasteiger partial charge in [0.05, 0.1) is 5.69 Å². The van der Waals surface area contributed by atoms with Crippen molar-refractivity contribution in [2.75, 3.05) is 13.1 Å². The highest BCUT2D eigenvalue weighted by atomic mass is 16.2. The maximum atomic E-state index is 12.7. The minimum atomic E-state index is 0.0822. The Morgan fingerprint density at radius 1 is 1.18 bits per heavy atom. The first-order valence-electron chi connectivity index (χ1n) is 8.03. The number of amides is 1. The predicted molar refractivity (Wildman–Crippen MR) is 79.9 cm³/mol. The number of aromatic nitrogens is 5. The number of carbonyl (C=O) groups is 1. The molecule has 2 atom stereocenters. The van der Waals surface area contributed by atoms with Gasteiger partial charge in [0.1, 0.15) is 5.69 Å². The topological polar surface area (TPSA) is 90.6 Å². The number of piperidine rings is 1. The number of fused-ring (bicyclic) bond motifs is 1. The van der Waals surface area contributed by atoms with Crippen LogP contribution in [0, 0.1) is 11.8 Å².